The van der Waals surface area contributed by atoms with Crippen LogP contribution in [0.5, 0.6) is 0 Å². The summed E-state index contributed by atoms with van der Waals surface area (Å²) in [6, 6.07) is 15.3. The lowest BCUT2D eigenvalue weighted by molar-refractivity contribution is -0.122. The van der Waals surface area contributed by atoms with E-state index in [1.165, 1.54) is 16.2 Å². The van der Waals surface area contributed by atoms with Crippen molar-refractivity contribution in [2.75, 3.05) is 16.3 Å². The SMILES string of the molecule is CCN1c2ccc(/C=C3/C(=O)NC(=S)N(c4ccccc4)C3=O)cc2C(C)CC1(C)C. The first-order valence-electron chi connectivity index (χ1n) is 10.6. The van der Waals surface area contributed by atoms with Gasteiger partial charge in [-0.2, -0.15) is 0 Å². The molecule has 2 amide bonds. The second kappa shape index (κ2) is 7.93. The second-order valence-corrected chi connectivity index (χ2v) is 9.16. The molecule has 1 saturated heterocycles. The van der Waals surface area contributed by atoms with Gasteiger partial charge in [-0.15, -0.1) is 0 Å². The minimum absolute atomic E-state index is 0.0774. The molecule has 2 aromatic carbocycles. The van der Waals surface area contributed by atoms with E-state index in [0.29, 0.717) is 11.6 Å². The first-order chi connectivity index (χ1) is 14.7. The Bertz CT molecular complexity index is 1090. The molecule has 0 saturated carbocycles. The van der Waals surface area contributed by atoms with Crippen molar-refractivity contribution in [2.24, 2.45) is 0 Å². The van der Waals surface area contributed by atoms with Crippen LogP contribution in [0.1, 0.15) is 51.2 Å². The van der Waals surface area contributed by atoms with E-state index in [-0.39, 0.29) is 16.2 Å². The van der Waals surface area contributed by atoms with E-state index in [1.807, 2.05) is 24.3 Å². The molecule has 2 aliphatic rings. The number of thiocarbonyl (C=S) groups is 1. The van der Waals surface area contributed by atoms with Crippen LogP contribution in [0.4, 0.5) is 11.4 Å². The first kappa shape index (κ1) is 21.2. The summed E-state index contributed by atoms with van der Waals surface area (Å²) < 4.78 is 0. The third kappa shape index (κ3) is 3.76. The number of amides is 2. The number of carbonyl (C=O) groups is 2. The molecular formula is C25H27N3O2S. The molecule has 1 unspecified atom stereocenters. The Hall–Kier alpha value is -2.99. The largest absolute Gasteiger partial charge is 0.366 e. The molecule has 0 spiro atoms. The monoisotopic (exact) mass is 433 g/mol. The quantitative estimate of drug-likeness (QED) is 0.436. The van der Waals surface area contributed by atoms with Crippen LogP contribution in [0.15, 0.2) is 54.1 Å². The standard InChI is InChI=1S/C25H27N3O2S/c1-5-27-21-12-11-17(13-19(21)16(2)15-25(27,3)4)14-20-22(29)26-24(31)28(23(20)30)18-9-7-6-8-10-18/h6-14,16H,5,15H2,1-4H3,(H,26,29,31)/b20-14-. The van der Waals surface area contributed by atoms with Gasteiger partial charge in [0.25, 0.3) is 11.8 Å². The van der Waals surface area contributed by atoms with Crippen LogP contribution in [-0.2, 0) is 9.59 Å². The Morgan fingerprint density at radius 1 is 1.16 bits per heavy atom. The van der Waals surface area contributed by atoms with E-state index in [4.69, 9.17) is 12.2 Å². The molecule has 0 radical (unpaired) electrons. The molecule has 2 heterocycles. The minimum atomic E-state index is -0.468. The molecule has 2 aliphatic heterocycles. The summed E-state index contributed by atoms with van der Waals surface area (Å²) in [7, 11) is 0. The third-order valence-electron chi connectivity index (χ3n) is 6.15. The van der Waals surface area contributed by atoms with Crippen molar-refractivity contribution < 1.29 is 9.59 Å². The zero-order chi connectivity index (χ0) is 22.3. The van der Waals surface area contributed by atoms with Gasteiger partial charge in [0.05, 0.1) is 5.69 Å². The lowest BCUT2D eigenvalue weighted by Gasteiger charge is -2.47. The Labute approximate surface area is 188 Å². The van der Waals surface area contributed by atoms with E-state index in [2.05, 4.69) is 50.0 Å². The van der Waals surface area contributed by atoms with Crippen molar-refractivity contribution in [2.45, 2.75) is 45.6 Å². The van der Waals surface area contributed by atoms with E-state index in [1.54, 1.807) is 18.2 Å². The Morgan fingerprint density at radius 3 is 2.55 bits per heavy atom. The van der Waals surface area contributed by atoms with Gasteiger partial charge in [0, 0.05) is 17.8 Å². The molecule has 160 valence electrons. The molecule has 0 bridgehead atoms. The molecule has 1 atom stereocenters. The molecule has 31 heavy (non-hydrogen) atoms. The zero-order valence-corrected chi connectivity index (χ0v) is 19.1. The smallest absolute Gasteiger partial charge is 0.270 e. The average molecular weight is 434 g/mol. The summed E-state index contributed by atoms with van der Waals surface area (Å²) in [5.74, 6) is -0.498. The van der Waals surface area contributed by atoms with Gasteiger partial charge in [-0.3, -0.25) is 19.8 Å². The van der Waals surface area contributed by atoms with Crippen molar-refractivity contribution in [1.82, 2.24) is 5.32 Å². The number of nitrogens with one attached hydrogen (secondary N) is 1. The van der Waals surface area contributed by atoms with Gasteiger partial charge in [0.15, 0.2) is 5.11 Å². The highest BCUT2D eigenvalue weighted by atomic mass is 32.1. The van der Waals surface area contributed by atoms with Gasteiger partial charge in [0.1, 0.15) is 5.57 Å². The molecule has 4 rings (SSSR count). The van der Waals surface area contributed by atoms with E-state index < -0.39 is 11.8 Å². The van der Waals surface area contributed by atoms with Gasteiger partial charge in [-0.05, 0) is 86.8 Å². The van der Waals surface area contributed by atoms with Crippen molar-refractivity contribution in [1.29, 1.82) is 0 Å². The number of benzene rings is 2. The van der Waals surface area contributed by atoms with Crippen LogP contribution < -0.4 is 15.1 Å². The average Bonchev–Trinajstić information content (AvgIpc) is 2.72. The van der Waals surface area contributed by atoms with Crippen molar-refractivity contribution >= 4 is 46.6 Å². The zero-order valence-electron chi connectivity index (χ0n) is 18.3. The normalized spacial score (nSPS) is 21.9. The lowest BCUT2D eigenvalue weighted by atomic mass is 9.79. The second-order valence-electron chi connectivity index (χ2n) is 8.77. The summed E-state index contributed by atoms with van der Waals surface area (Å²) >= 11 is 5.26. The van der Waals surface area contributed by atoms with Gasteiger partial charge in [-0.1, -0.05) is 31.2 Å². The maximum absolute atomic E-state index is 13.2. The molecule has 0 aromatic heterocycles. The molecule has 1 fully saturated rings. The molecule has 0 aliphatic carbocycles. The fourth-order valence-electron chi connectivity index (χ4n) is 4.83. The van der Waals surface area contributed by atoms with E-state index in [0.717, 1.165) is 18.5 Å². The van der Waals surface area contributed by atoms with E-state index >= 15 is 0 Å². The minimum Gasteiger partial charge on any atom is -0.366 e. The predicted octanol–water partition coefficient (Wildman–Crippen LogP) is 4.63. The molecule has 2 aromatic rings. The number of hydrogen-bond donors (Lipinski definition) is 1. The fraction of sp³-hybridized carbons (Fsp3) is 0.320. The van der Waals surface area contributed by atoms with Gasteiger partial charge in [0.2, 0.25) is 0 Å². The fourth-order valence-corrected chi connectivity index (χ4v) is 5.11. The summed E-state index contributed by atoms with van der Waals surface area (Å²) in [6.45, 7) is 9.88. The van der Waals surface area contributed by atoms with Crippen molar-refractivity contribution in [3.63, 3.8) is 0 Å². The number of fused-ring (bicyclic) bond motifs is 1. The molecule has 1 N–H and O–H groups in total. The summed E-state index contributed by atoms with van der Waals surface area (Å²) in [4.78, 5) is 29.6. The van der Waals surface area contributed by atoms with Crippen LogP contribution in [-0.4, -0.2) is 29.0 Å². The van der Waals surface area contributed by atoms with E-state index in [9.17, 15) is 9.59 Å². The molecular weight excluding hydrogens is 406 g/mol. The van der Waals surface area contributed by atoms with Crippen molar-refractivity contribution in [3.8, 4) is 0 Å². The molecule has 5 nitrogen and oxygen atoms in total. The Morgan fingerprint density at radius 2 is 1.87 bits per heavy atom. The highest BCUT2D eigenvalue weighted by Gasteiger charge is 2.36. The number of hydrogen-bond acceptors (Lipinski definition) is 4. The summed E-state index contributed by atoms with van der Waals surface area (Å²) in [5.41, 5.74) is 4.10. The number of carbonyl (C=O) groups excluding carboxylic acids is 2. The van der Waals surface area contributed by atoms with Crippen molar-refractivity contribution in [3.05, 3.63) is 65.2 Å². The van der Waals surface area contributed by atoms with Crippen LogP contribution in [0.25, 0.3) is 6.08 Å². The number of nitrogens with zero attached hydrogens (tertiary/aromatic N) is 2. The third-order valence-corrected chi connectivity index (χ3v) is 6.44. The summed E-state index contributed by atoms with van der Waals surface area (Å²) in [6.07, 6.45) is 2.71. The predicted molar refractivity (Wildman–Crippen MR) is 129 cm³/mol. The first-order valence-corrected chi connectivity index (χ1v) is 11.0. The Kier molecular flexibility index (Phi) is 5.43. The van der Waals surface area contributed by atoms with Crippen LogP contribution >= 0.6 is 12.2 Å². The van der Waals surface area contributed by atoms with Crippen LogP contribution in [0, 0.1) is 0 Å². The highest BCUT2D eigenvalue weighted by molar-refractivity contribution is 7.80. The maximum atomic E-state index is 13.2. The molecule has 6 heteroatoms. The van der Waals surface area contributed by atoms with Gasteiger partial charge < -0.3 is 4.90 Å². The topological polar surface area (TPSA) is 52.7 Å². The highest BCUT2D eigenvalue weighted by Crippen LogP contribution is 2.43. The van der Waals surface area contributed by atoms with Crippen LogP contribution in [0.3, 0.4) is 0 Å². The van der Waals surface area contributed by atoms with Crippen LogP contribution in [0.2, 0.25) is 0 Å². The lowest BCUT2D eigenvalue weighted by Crippen LogP contribution is -2.54. The van der Waals surface area contributed by atoms with Gasteiger partial charge in [-0.25, -0.2) is 0 Å². The maximum Gasteiger partial charge on any atom is 0.270 e. The number of rotatable bonds is 3. The Balaban J connectivity index is 1.73. The number of para-hydroxylation sites is 1. The van der Waals surface area contributed by atoms with Gasteiger partial charge >= 0.3 is 0 Å². The number of anilines is 2. The summed E-state index contributed by atoms with van der Waals surface area (Å²) in [5, 5.41) is 2.74.